The highest BCUT2D eigenvalue weighted by Gasteiger charge is 2.39. The summed E-state index contributed by atoms with van der Waals surface area (Å²) in [4.78, 5) is 29.7. The second-order valence-electron chi connectivity index (χ2n) is 9.52. The third-order valence-electron chi connectivity index (χ3n) is 6.80. The van der Waals surface area contributed by atoms with Crippen LogP contribution in [0.2, 0.25) is 0 Å². The van der Waals surface area contributed by atoms with Gasteiger partial charge in [0.1, 0.15) is 12.4 Å². The minimum Gasteiger partial charge on any atom is -0.311 e. The van der Waals surface area contributed by atoms with Crippen molar-refractivity contribution < 1.29 is 22.4 Å². The van der Waals surface area contributed by atoms with Crippen molar-refractivity contribution in [3.05, 3.63) is 59.4 Å². The normalized spacial score (nSPS) is 20.9. The van der Waals surface area contributed by atoms with E-state index in [0.29, 0.717) is 44.2 Å². The number of carbonyl (C=O) groups excluding carboxylic acids is 2. The van der Waals surface area contributed by atoms with E-state index >= 15 is 0 Å². The van der Waals surface area contributed by atoms with Crippen LogP contribution in [-0.4, -0.2) is 72.7 Å². The number of imide groups is 1. The Labute approximate surface area is 199 Å². The lowest BCUT2D eigenvalue weighted by Crippen LogP contribution is -2.39. The van der Waals surface area contributed by atoms with Gasteiger partial charge in [-0.25, -0.2) is 17.6 Å². The molecule has 2 saturated heterocycles. The Morgan fingerprint density at radius 3 is 2.26 bits per heavy atom. The Balaban J connectivity index is 1.24. The van der Waals surface area contributed by atoms with Crippen LogP contribution < -0.4 is 0 Å². The third kappa shape index (κ3) is 5.15. The highest BCUT2D eigenvalue weighted by atomic mass is 32.2. The molecule has 0 radical (unpaired) electrons. The van der Waals surface area contributed by atoms with Crippen LogP contribution >= 0.6 is 0 Å². The summed E-state index contributed by atoms with van der Waals surface area (Å²) in [7, 11) is -2.98. The lowest BCUT2D eigenvalue weighted by molar-refractivity contribution is -0.125. The van der Waals surface area contributed by atoms with Crippen LogP contribution in [0.5, 0.6) is 0 Å². The fourth-order valence-electron chi connectivity index (χ4n) is 4.50. The van der Waals surface area contributed by atoms with Crippen LogP contribution in [0.25, 0.3) is 11.1 Å². The van der Waals surface area contributed by atoms with E-state index in [-0.39, 0.29) is 35.8 Å². The van der Waals surface area contributed by atoms with Crippen molar-refractivity contribution in [2.24, 2.45) is 5.92 Å². The number of amides is 3. The number of hydrogen-bond acceptors (Lipinski definition) is 5. The van der Waals surface area contributed by atoms with E-state index in [1.165, 1.54) is 11.0 Å². The molecule has 0 aromatic heterocycles. The van der Waals surface area contributed by atoms with Crippen molar-refractivity contribution in [1.29, 1.82) is 0 Å². The molecule has 0 N–H and O–H groups in total. The lowest BCUT2D eigenvalue weighted by Gasteiger charge is -2.26. The van der Waals surface area contributed by atoms with Gasteiger partial charge >= 0.3 is 6.03 Å². The van der Waals surface area contributed by atoms with E-state index in [0.717, 1.165) is 29.5 Å². The molecule has 180 valence electrons. The average Bonchev–Trinajstić information content (AvgIpc) is 3.60. The highest BCUT2D eigenvalue weighted by molar-refractivity contribution is 7.91. The molecule has 0 bridgehead atoms. The monoisotopic (exact) mass is 485 g/mol. The summed E-state index contributed by atoms with van der Waals surface area (Å²) in [5.74, 6) is 0.259. The number of sulfone groups is 1. The maximum absolute atomic E-state index is 14.5. The van der Waals surface area contributed by atoms with Crippen molar-refractivity contribution >= 4 is 21.8 Å². The van der Waals surface area contributed by atoms with Gasteiger partial charge in [-0.3, -0.25) is 14.6 Å². The van der Waals surface area contributed by atoms with Crippen molar-refractivity contribution in [1.82, 2.24) is 14.7 Å². The number of urea groups is 1. The van der Waals surface area contributed by atoms with Crippen LogP contribution in [-0.2, 0) is 27.7 Å². The van der Waals surface area contributed by atoms with E-state index in [1.807, 2.05) is 35.2 Å². The summed E-state index contributed by atoms with van der Waals surface area (Å²) in [6, 6.07) is 12.5. The van der Waals surface area contributed by atoms with Crippen LogP contribution in [0.4, 0.5) is 9.18 Å². The first-order valence-corrected chi connectivity index (χ1v) is 13.5. The Morgan fingerprint density at radius 1 is 0.912 bits per heavy atom. The van der Waals surface area contributed by atoms with Gasteiger partial charge in [-0.05, 0) is 47.6 Å². The highest BCUT2D eigenvalue weighted by Crippen LogP contribution is 2.31. The minimum atomic E-state index is -2.98. The molecular weight excluding hydrogens is 457 g/mol. The Hall–Kier alpha value is -2.78. The fraction of sp³-hybridized carbons (Fsp3) is 0.440. The molecule has 3 amide bonds. The summed E-state index contributed by atoms with van der Waals surface area (Å²) in [5, 5.41) is 0. The number of nitrogens with zero attached hydrogens (tertiary/aromatic N) is 3. The second-order valence-corrected chi connectivity index (χ2v) is 11.8. The van der Waals surface area contributed by atoms with Gasteiger partial charge < -0.3 is 4.90 Å². The fourth-order valence-corrected chi connectivity index (χ4v) is 5.78. The summed E-state index contributed by atoms with van der Waals surface area (Å²) in [6.07, 6.45) is 2.17. The standard InChI is InChI=1S/C25H28FN3O4S/c26-23-8-7-21(13-22(23)16-27-9-11-34(32,33)12-10-27)20-5-3-18(4-6-20)14-28-17-24(30)29(25(28)31)15-19-1-2-19/h3-8,13,19H,1-2,9-12,14-17H2. The average molecular weight is 486 g/mol. The van der Waals surface area contributed by atoms with E-state index in [2.05, 4.69) is 0 Å². The molecule has 34 heavy (non-hydrogen) atoms. The summed E-state index contributed by atoms with van der Waals surface area (Å²) < 4.78 is 37.7. The molecule has 2 heterocycles. The molecule has 3 aliphatic rings. The SMILES string of the molecule is O=C1CN(Cc2ccc(-c3ccc(F)c(CN4CCS(=O)(=O)CC4)c3)cc2)C(=O)N1CC1CC1. The van der Waals surface area contributed by atoms with E-state index in [4.69, 9.17) is 0 Å². The van der Waals surface area contributed by atoms with Crippen molar-refractivity contribution in [2.45, 2.75) is 25.9 Å². The van der Waals surface area contributed by atoms with Gasteiger partial charge in [0.2, 0.25) is 5.91 Å². The summed E-state index contributed by atoms with van der Waals surface area (Å²) >= 11 is 0. The molecule has 2 aromatic carbocycles. The van der Waals surface area contributed by atoms with Crippen molar-refractivity contribution in [3.8, 4) is 11.1 Å². The zero-order valence-electron chi connectivity index (χ0n) is 19.0. The number of halogens is 1. The zero-order valence-corrected chi connectivity index (χ0v) is 19.8. The quantitative estimate of drug-likeness (QED) is 0.564. The molecule has 5 rings (SSSR count). The van der Waals surface area contributed by atoms with E-state index in [1.54, 1.807) is 11.0 Å². The van der Waals surface area contributed by atoms with Gasteiger partial charge in [-0.15, -0.1) is 0 Å². The van der Waals surface area contributed by atoms with Gasteiger partial charge in [0.05, 0.1) is 11.5 Å². The van der Waals surface area contributed by atoms with Gasteiger partial charge in [0.25, 0.3) is 0 Å². The third-order valence-corrected chi connectivity index (χ3v) is 8.41. The van der Waals surface area contributed by atoms with E-state index in [9.17, 15) is 22.4 Å². The predicted octanol–water partition coefficient (Wildman–Crippen LogP) is 2.90. The summed E-state index contributed by atoms with van der Waals surface area (Å²) in [5.41, 5.74) is 3.26. The molecule has 0 atom stereocenters. The Bertz CT molecular complexity index is 1200. The Kier molecular flexibility index (Phi) is 6.16. The topological polar surface area (TPSA) is 78.0 Å². The van der Waals surface area contributed by atoms with Crippen molar-refractivity contribution in [2.75, 3.05) is 37.7 Å². The number of hydrogen-bond donors (Lipinski definition) is 0. The number of carbonyl (C=O) groups is 2. The molecule has 3 fully saturated rings. The molecule has 1 saturated carbocycles. The van der Waals surface area contributed by atoms with Gasteiger partial charge in [-0.2, -0.15) is 0 Å². The van der Waals surface area contributed by atoms with Crippen LogP contribution in [0.3, 0.4) is 0 Å². The maximum atomic E-state index is 14.5. The largest absolute Gasteiger partial charge is 0.327 e. The summed E-state index contributed by atoms with van der Waals surface area (Å²) in [6.45, 7) is 2.22. The second kappa shape index (κ2) is 9.11. The van der Waals surface area contributed by atoms with Crippen LogP contribution in [0.15, 0.2) is 42.5 Å². The molecule has 2 aliphatic heterocycles. The zero-order chi connectivity index (χ0) is 23.9. The Morgan fingerprint density at radius 2 is 1.59 bits per heavy atom. The minimum absolute atomic E-state index is 0.110. The molecule has 9 heteroatoms. The maximum Gasteiger partial charge on any atom is 0.327 e. The molecule has 0 spiro atoms. The van der Waals surface area contributed by atoms with Gasteiger partial charge in [0.15, 0.2) is 9.84 Å². The number of rotatable bonds is 7. The number of benzene rings is 2. The van der Waals surface area contributed by atoms with Crippen LogP contribution in [0.1, 0.15) is 24.0 Å². The molecule has 1 aliphatic carbocycles. The first-order valence-electron chi connectivity index (χ1n) is 11.7. The van der Waals surface area contributed by atoms with Crippen LogP contribution in [0, 0.1) is 11.7 Å². The molecular formula is C25H28FN3O4S. The van der Waals surface area contributed by atoms with E-state index < -0.39 is 9.84 Å². The molecule has 7 nitrogen and oxygen atoms in total. The van der Waals surface area contributed by atoms with Crippen molar-refractivity contribution in [3.63, 3.8) is 0 Å². The molecule has 0 unspecified atom stereocenters. The van der Waals surface area contributed by atoms with Gasteiger partial charge in [-0.1, -0.05) is 30.3 Å². The first kappa shape index (κ1) is 23.0. The smallest absolute Gasteiger partial charge is 0.311 e. The lowest BCUT2D eigenvalue weighted by atomic mass is 10.0. The first-order chi connectivity index (χ1) is 16.3. The predicted molar refractivity (Wildman–Crippen MR) is 126 cm³/mol. The molecule has 2 aromatic rings. The van der Waals surface area contributed by atoms with Gasteiger partial charge in [0, 0.05) is 38.3 Å².